The van der Waals surface area contributed by atoms with E-state index in [1.54, 1.807) is 11.4 Å². The second-order valence-electron chi connectivity index (χ2n) is 8.57. The van der Waals surface area contributed by atoms with Crippen molar-refractivity contribution in [1.29, 1.82) is 0 Å². The molecule has 0 saturated heterocycles. The molecule has 145 valence electrons. The van der Waals surface area contributed by atoms with Crippen LogP contribution in [0.5, 0.6) is 0 Å². The third kappa shape index (κ3) is 2.21. The minimum atomic E-state index is 0. The first-order valence-corrected chi connectivity index (χ1v) is 11.2. The van der Waals surface area contributed by atoms with Crippen molar-refractivity contribution in [3.63, 3.8) is 0 Å². The third-order valence-corrected chi connectivity index (χ3v) is 7.90. The van der Waals surface area contributed by atoms with Gasteiger partial charge in [-0.15, -0.1) is 0 Å². The van der Waals surface area contributed by atoms with Crippen molar-refractivity contribution in [3.8, 4) is 0 Å². The van der Waals surface area contributed by atoms with Crippen LogP contribution in [0.4, 0.5) is 11.4 Å². The average Bonchev–Trinajstić information content (AvgIpc) is 3.25. The number of fused-ring (bicyclic) bond motifs is 2. The minimum Gasteiger partial charge on any atom is -0.257 e. The van der Waals surface area contributed by atoms with Crippen LogP contribution in [0, 0.1) is 54.8 Å². The number of rotatable bonds is 2. The zero-order chi connectivity index (χ0) is 18.1. The van der Waals surface area contributed by atoms with Gasteiger partial charge in [0, 0.05) is 35.1 Å². The van der Waals surface area contributed by atoms with Crippen LogP contribution in [0.1, 0.15) is 6.42 Å². The molecule has 5 aliphatic rings. The summed E-state index contributed by atoms with van der Waals surface area (Å²) in [5.41, 5.74) is 5.37. The van der Waals surface area contributed by atoms with E-state index in [4.69, 9.17) is 9.98 Å². The molecule has 5 aliphatic carbocycles. The molecule has 0 N–H and O–H groups in total. The number of hydrogen-bond acceptors (Lipinski definition) is 2. The van der Waals surface area contributed by atoms with Crippen molar-refractivity contribution in [2.75, 3.05) is 0 Å². The Kier molecular flexibility index (Phi) is 4.53. The van der Waals surface area contributed by atoms with E-state index in [1.807, 2.05) is 0 Å². The molecule has 0 aliphatic heterocycles. The molecule has 2 aromatic rings. The van der Waals surface area contributed by atoms with E-state index < -0.39 is 0 Å². The van der Waals surface area contributed by atoms with Gasteiger partial charge in [-0.25, -0.2) is 0 Å². The summed E-state index contributed by atoms with van der Waals surface area (Å²) in [5.74, 6) is 6.47. The Hall–Kier alpha value is -1.42. The van der Waals surface area contributed by atoms with Crippen molar-refractivity contribution in [2.45, 2.75) is 6.42 Å². The summed E-state index contributed by atoms with van der Waals surface area (Å²) >= 11 is 3.03. The quantitative estimate of drug-likeness (QED) is 0.514. The van der Waals surface area contributed by atoms with E-state index in [0.29, 0.717) is 23.7 Å². The molecule has 0 spiro atoms. The van der Waals surface area contributed by atoms with Crippen LogP contribution < -0.4 is 0 Å². The molecule has 7 rings (SSSR count). The maximum Gasteiger partial charge on any atom is 0.0629 e. The fourth-order valence-electron chi connectivity index (χ4n) is 7.46. The Morgan fingerprint density at radius 3 is 1.43 bits per heavy atom. The molecule has 5 saturated carbocycles. The molecule has 0 aromatic heterocycles. The zero-order valence-corrected chi connectivity index (χ0v) is 17.5. The van der Waals surface area contributed by atoms with Crippen LogP contribution >= 0.6 is 10.1 Å². The summed E-state index contributed by atoms with van der Waals surface area (Å²) in [6.45, 7) is 0. The maximum absolute atomic E-state index is 5.18. The largest absolute Gasteiger partial charge is 0.257 e. The molecule has 2 nitrogen and oxygen atoms in total. The smallest absolute Gasteiger partial charge is 0.0629 e. The zero-order valence-electron chi connectivity index (χ0n) is 15.7. The minimum absolute atomic E-state index is 0. The van der Waals surface area contributed by atoms with Crippen LogP contribution in [-0.2, 0) is 14.8 Å². The van der Waals surface area contributed by atoms with E-state index in [9.17, 15) is 0 Å². The summed E-state index contributed by atoms with van der Waals surface area (Å²) in [4.78, 5) is 10.4. The molecule has 8 unspecified atom stereocenters. The predicted molar refractivity (Wildman–Crippen MR) is 112 cm³/mol. The van der Waals surface area contributed by atoms with Gasteiger partial charge in [0.2, 0.25) is 0 Å². The number of nitrogens with zero attached hydrogens (tertiary/aromatic N) is 2. The van der Waals surface area contributed by atoms with Gasteiger partial charge >= 0.3 is 25.0 Å². The average molecular weight is 434 g/mol. The Bertz CT molecular complexity index is 860. The van der Waals surface area contributed by atoms with Crippen LogP contribution in [0.2, 0.25) is 0 Å². The van der Waals surface area contributed by atoms with E-state index in [1.165, 1.54) is 6.42 Å². The van der Waals surface area contributed by atoms with Crippen molar-refractivity contribution in [1.82, 2.24) is 0 Å². The number of halogens is 1. The van der Waals surface area contributed by atoms with Crippen molar-refractivity contribution >= 4 is 32.9 Å². The molecule has 0 heterocycles. The fraction of sp³-hybridized carbons (Fsp3) is 0.375. The van der Waals surface area contributed by atoms with Crippen molar-refractivity contribution < 1.29 is 14.8 Å². The first kappa shape index (κ1) is 18.6. The number of aliphatic imine (C=N–C) groups is 2. The number of para-hydroxylation sites is 2. The first-order chi connectivity index (χ1) is 13.4. The van der Waals surface area contributed by atoms with Gasteiger partial charge in [0.1, 0.15) is 0 Å². The predicted octanol–water partition coefficient (Wildman–Crippen LogP) is 6.06. The van der Waals surface area contributed by atoms with E-state index >= 15 is 0 Å². The van der Waals surface area contributed by atoms with Crippen LogP contribution in [0.3, 0.4) is 0 Å². The molecule has 8 atom stereocenters. The van der Waals surface area contributed by atoms with Crippen LogP contribution in [0.15, 0.2) is 70.6 Å². The van der Waals surface area contributed by atoms with E-state index in [2.05, 4.69) is 85.6 Å². The van der Waals surface area contributed by atoms with Crippen LogP contribution in [0.25, 0.3) is 0 Å². The normalized spacial score (nSPS) is 42.4. The molecule has 28 heavy (non-hydrogen) atoms. The standard InChI is InChI=1S/C23H20N2.CH3.ClH.Co/c1-3-7-12(8-4-1)24-22-18-14-11-15-17-16(14)20(22)21(17)23(19(15)18)25-13-9-5-2-6-10-13;;;/h1-10,14-21H,11H2;1H3;1H;/q;-1;;+2/p-1. The Labute approximate surface area is 179 Å². The van der Waals surface area contributed by atoms with Gasteiger partial charge in [-0.2, -0.15) is 0 Å². The molecule has 0 radical (unpaired) electrons. The van der Waals surface area contributed by atoms with Gasteiger partial charge in [-0.05, 0) is 54.4 Å². The van der Waals surface area contributed by atoms with Crippen molar-refractivity contribution in [3.05, 3.63) is 68.1 Å². The summed E-state index contributed by atoms with van der Waals surface area (Å²) in [5, 5.41) is 0. The topological polar surface area (TPSA) is 24.7 Å². The Balaban J connectivity index is 0.000000553. The number of hydrogen-bond donors (Lipinski definition) is 0. The van der Waals surface area contributed by atoms with Gasteiger partial charge in [0.25, 0.3) is 0 Å². The van der Waals surface area contributed by atoms with E-state index in [0.717, 1.165) is 35.0 Å². The van der Waals surface area contributed by atoms with Gasteiger partial charge in [0.05, 0.1) is 11.4 Å². The monoisotopic (exact) mass is 433 g/mol. The first-order valence-electron chi connectivity index (χ1n) is 9.81. The third-order valence-electron chi connectivity index (χ3n) is 7.90. The summed E-state index contributed by atoms with van der Waals surface area (Å²) in [7, 11) is 4.33. The molecule has 0 amide bonds. The molecule has 4 heteroatoms. The van der Waals surface area contributed by atoms with Gasteiger partial charge < -0.3 is 7.43 Å². The Morgan fingerprint density at radius 1 is 0.643 bits per heavy atom. The maximum atomic E-state index is 5.18. The molecular weight excluding hydrogens is 411 g/mol. The molecule has 5 fully saturated rings. The van der Waals surface area contributed by atoms with Gasteiger partial charge in [-0.3, -0.25) is 9.98 Å². The summed E-state index contributed by atoms with van der Waals surface area (Å²) < 4.78 is 0. The Morgan fingerprint density at radius 2 is 1.04 bits per heavy atom. The fourth-order valence-corrected chi connectivity index (χ4v) is 7.46. The van der Waals surface area contributed by atoms with E-state index in [-0.39, 0.29) is 7.43 Å². The molecule has 2 bridgehead atoms. The SMILES string of the molecule is [CH3-].[Cl][Co+].c1ccc(N=C2C3C4CC5C3C(=Nc3ccccc3)C3C2C4C53)cc1. The van der Waals surface area contributed by atoms with Gasteiger partial charge in [0.15, 0.2) is 0 Å². The second kappa shape index (κ2) is 6.82. The number of benzene rings is 2. The summed E-state index contributed by atoms with van der Waals surface area (Å²) in [6, 6.07) is 21.2. The van der Waals surface area contributed by atoms with Crippen molar-refractivity contribution in [2.24, 2.45) is 57.3 Å². The molecule has 2 aromatic carbocycles. The van der Waals surface area contributed by atoms with Crippen LogP contribution in [-0.4, -0.2) is 11.4 Å². The summed E-state index contributed by atoms with van der Waals surface area (Å²) in [6.07, 6.45) is 1.44. The molecular formula is C24H23ClCoN2. The second-order valence-corrected chi connectivity index (χ2v) is 8.57. The van der Waals surface area contributed by atoms with Gasteiger partial charge in [-0.1, -0.05) is 36.4 Å².